The molecule has 15 heavy (non-hydrogen) atoms. The Labute approximate surface area is 91.4 Å². The number of carbonyl (C=O) groups is 1. The topological polar surface area (TPSA) is 61.4 Å². The Kier molecular flexibility index (Phi) is 2.35. The highest BCUT2D eigenvalue weighted by molar-refractivity contribution is 9.10. The normalized spacial score (nSPS) is 18.5. The van der Waals surface area contributed by atoms with Crippen molar-refractivity contribution in [1.82, 2.24) is 5.43 Å². The first-order valence-corrected chi connectivity index (χ1v) is 4.73. The van der Waals surface area contributed by atoms with Crippen LogP contribution in [0.25, 0.3) is 0 Å². The van der Waals surface area contributed by atoms with E-state index >= 15 is 0 Å². The first kappa shape index (κ1) is 10.3. The summed E-state index contributed by atoms with van der Waals surface area (Å²) >= 11 is 2.81. The second-order valence-electron chi connectivity index (χ2n) is 2.98. The number of hydrogen-bond acceptors (Lipinski definition) is 3. The standard InChI is InChI=1S/C8H5BrF2N2O2/c9-2-1-3(10)6-4(5(2)11)7(8(14)15)13-12-6/h1,7,12-13H,(H,14,15). The molecule has 1 aliphatic heterocycles. The minimum absolute atomic E-state index is 0.101. The molecule has 4 nitrogen and oxygen atoms in total. The zero-order valence-corrected chi connectivity index (χ0v) is 8.73. The minimum Gasteiger partial charge on any atom is -0.480 e. The lowest BCUT2D eigenvalue weighted by atomic mass is 10.1. The van der Waals surface area contributed by atoms with E-state index in [1.165, 1.54) is 0 Å². The molecule has 0 amide bonds. The van der Waals surface area contributed by atoms with Crippen molar-refractivity contribution in [3.8, 4) is 0 Å². The number of aliphatic carboxylic acids is 1. The Morgan fingerprint density at radius 3 is 2.80 bits per heavy atom. The first-order chi connectivity index (χ1) is 7.02. The highest BCUT2D eigenvalue weighted by Gasteiger charge is 2.34. The first-order valence-electron chi connectivity index (χ1n) is 3.94. The molecule has 0 bridgehead atoms. The fourth-order valence-electron chi connectivity index (χ4n) is 1.41. The monoisotopic (exact) mass is 278 g/mol. The number of anilines is 1. The van der Waals surface area contributed by atoms with Gasteiger partial charge >= 0.3 is 5.97 Å². The van der Waals surface area contributed by atoms with E-state index in [0.717, 1.165) is 6.07 Å². The summed E-state index contributed by atoms with van der Waals surface area (Å²) in [6.07, 6.45) is 0. The van der Waals surface area contributed by atoms with Crippen LogP contribution in [-0.4, -0.2) is 11.1 Å². The fraction of sp³-hybridized carbons (Fsp3) is 0.125. The zero-order valence-electron chi connectivity index (χ0n) is 7.14. The number of benzene rings is 1. The van der Waals surface area contributed by atoms with Crippen molar-refractivity contribution in [2.24, 2.45) is 0 Å². The van der Waals surface area contributed by atoms with Crippen LogP contribution in [0.2, 0.25) is 0 Å². The van der Waals surface area contributed by atoms with E-state index in [-0.39, 0.29) is 15.7 Å². The molecule has 1 atom stereocenters. The number of fused-ring (bicyclic) bond motifs is 1. The molecule has 7 heteroatoms. The van der Waals surface area contributed by atoms with Gasteiger partial charge in [0.05, 0.1) is 10.2 Å². The molecule has 0 saturated heterocycles. The van der Waals surface area contributed by atoms with Gasteiger partial charge in [0.25, 0.3) is 0 Å². The van der Waals surface area contributed by atoms with E-state index in [2.05, 4.69) is 26.8 Å². The summed E-state index contributed by atoms with van der Waals surface area (Å²) in [5.41, 5.74) is 4.19. The van der Waals surface area contributed by atoms with E-state index in [0.29, 0.717) is 0 Å². The summed E-state index contributed by atoms with van der Waals surface area (Å²) < 4.78 is 26.7. The Hall–Kier alpha value is -1.21. The summed E-state index contributed by atoms with van der Waals surface area (Å²) in [5.74, 6) is -2.77. The van der Waals surface area contributed by atoms with Gasteiger partial charge < -0.3 is 10.5 Å². The highest BCUT2D eigenvalue weighted by Crippen LogP contribution is 2.36. The van der Waals surface area contributed by atoms with Crippen LogP contribution in [0.3, 0.4) is 0 Å². The lowest BCUT2D eigenvalue weighted by molar-refractivity contribution is -0.139. The number of rotatable bonds is 1. The molecule has 0 radical (unpaired) electrons. The van der Waals surface area contributed by atoms with Crippen LogP contribution in [0.5, 0.6) is 0 Å². The molecule has 3 N–H and O–H groups in total. The second kappa shape index (κ2) is 3.42. The molecule has 80 valence electrons. The zero-order chi connectivity index (χ0) is 11.2. The number of hydrogen-bond donors (Lipinski definition) is 3. The molecule has 1 aromatic rings. The maximum absolute atomic E-state index is 13.5. The average molecular weight is 279 g/mol. The summed E-state index contributed by atoms with van der Waals surface area (Å²) in [7, 11) is 0. The van der Waals surface area contributed by atoms with E-state index in [1.54, 1.807) is 0 Å². The predicted octanol–water partition coefficient (Wildman–Crippen LogP) is 1.78. The molecule has 0 aromatic heterocycles. The van der Waals surface area contributed by atoms with Gasteiger partial charge in [0.1, 0.15) is 11.6 Å². The highest BCUT2D eigenvalue weighted by atomic mass is 79.9. The van der Waals surface area contributed by atoms with Crippen LogP contribution in [0.4, 0.5) is 14.5 Å². The molecule has 1 heterocycles. The van der Waals surface area contributed by atoms with Crippen LogP contribution in [0, 0.1) is 11.6 Å². The lowest BCUT2D eigenvalue weighted by Crippen LogP contribution is -2.26. The van der Waals surface area contributed by atoms with E-state index in [4.69, 9.17) is 5.11 Å². The third-order valence-corrected chi connectivity index (χ3v) is 2.66. The lowest BCUT2D eigenvalue weighted by Gasteiger charge is -2.06. The fourth-order valence-corrected chi connectivity index (χ4v) is 1.83. The summed E-state index contributed by atoms with van der Waals surface area (Å²) in [5, 5.41) is 8.76. The minimum atomic E-state index is -1.29. The molecular weight excluding hydrogens is 274 g/mol. The van der Waals surface area contributed by atoms with E-state index in [9.17, 15) is 13.6 Å². The van der Waals surface area contributed by atoms with Gasteiger partial charge in [-0.2, -0.15) is 0 Å². The van der Waals surface area contributed by atoms with Crippen LogP contribution >= 0.6 is 15.9 Å². The molecular formula is C8H5BrF2N2O2. The van der Waals surface area contributed by atoms with Gasteiger partial charge in [0.15, 0.2) is 6.04 Å². The smallest absolute Gasteiger partial charge is 0.327 e. The van der Waals surface area contributed by atoms with E-state index < -0.39 is 23.6 Å². The Morgan fingerprint density at radius 2 is 2.20 bits per heavy atom. The molecule has 1 unspecified atom stereocenters. The summed E-state index contributed by atoms with van der Waals surface area (Å²) in [6, 6.07) is -0.348. The van der Waals surface area contributed by atoms with Gasteiger partial charge in [0, 0.05) is 5.56 Å². The van der Waals surface area contributed by atoms with Crippen LogP contribution < -0.4 is 10.9 Å². The average Bonchev–Trinajstić information content (AvgIpc) is 2.58. The van der Waals surface area contributed by atoms with Crippen molar-refractivity contribution in [3.05, 3.63) is 27.7 Å². The van der Waals surface area contributed by atoms with Crippen molar-refractivity contribution < 1.29 is 18.7 Å². The Morgan fingerprint density at radius 1 is 1.53 bits per heavy atom. The predicted molar refractivity (Wildman–Crippen MR) is 51.2 cm³/mol. The number of halogens is 3. The van der Waals surface area contributed by atoms with Crippen molar-refractivity contribution in [1.29, 1.82) is 0 Å². The van der Waals surface area contributed by atoms with Crippen molar-refractivity contribution in [2.75, 3.05) is 5.43 Å². The van der Waals surface area contributed by atoms with Crippen molar-refractivity contribution in [3.63, 3.8) is 0 Å². The largest absolute Gasteiger partial charge is 0.480 e. The van der Waals surface area contributed by atoms with E-state index in [1.807, 2.05) is 0 Å². The van der Waals surface area contributed by atoms with Gasteiger partial charge in [-0.3, -0.25) is 4.79 Å². The number of carboxylic acids is 1. The van der Waals surface area contributed by atoms with Gasteiger partial charge in [-0.25, -0.2) is 14.2 Å². The van der Waals surface area contributed by atoms with Crippen LogP contribution in [0.15, 0.2) is 10.5 Å². The van der Waals surface area contributed by atoms with Gasteiger partial charge in [-0.05, 0) is 22.0 Å². The molecule has 0 saturated carbocycles. The maximum Gasteiger partial charge on any atom is 0.327 e. The maximum atomic E-state index is 13.5. The quantitative estimate of drug-likeness (QED) is 0.686. The molecule has 0 spiro atoms. The SMILES string of the molecule is O=C(O)C1NNc2c(F)cc(Br)c(F)c21. The molecule has 0 aliphatic carbocycles. The third-order valence-electron chi connectivity index (χ3n) is 2.08. The van der Waals surface area contributed by atoms with Crippen molar-refractivity contribution in [2.45, 2.75) is 6.04 Å². The second-order valence-corrected chi connectivity index (χ2v) is 3.84. The number of carboxylic acid groups (broad SMARTS) is 1. The van der Waals surface area contributed by atoms with Crippen LogP contribution in [-0.2, 0) is 4.79 Å². The van der Waals surface area contributed by atoms with Crippen molar-refractivity contribution >= 4 is 27.6 Å². The number of hydrazine groups is 1. The third kappa shape index (κ3) is 1.47. The number of nitrogens with one attached hydrogen (secondary N) is 2. The summed E-state index contributed by atoms with van der Waals surface area (Å²) in [4.78, 5) is 10.7. The molecule has 1 aromatic carbocycles. The molecule has 1 aliphatic rings. The Bertz CT molecular complexity index is 453. The Balaban J connectivity index is 2.65. The molecule has 0 fully saturated rings. The van der Waals surface area contributed by atoms with Gasteiger partial charge in [0.2, 0.25) is 0 Å². The molecule has 2 rings (SSSR count). The van der Waals surface area contributed by atoms with Gasteiger partial charge in [-0.1, -0.05) is 0 Å². The van der Waals surface area contributed by atoms with Crippen LogP contribution in [0.1, 0.15) is 11.6 Å². The van der Waals surface area contributed by atoms with Gasteiger partial charge in [-0.15, -0.1) is 0 Å². The summed E-state index contributed by atoms with van der Waals surface area (Å²) in [6.45, 7) is 0.